The molecule has 1 aromatic heterocycles. The molecule has 5 nitrogen and oxygen atoms in total. The number of hydrogen-bond acceptors (Lipinski definition) is 6. The Morgan fingerprint density at radius 2 is 1.70 bits per heavy atom. The molecule has 0 bridgehead atoms. The number of halogens is 2. The van der Waals surface area contributed by atoms with Gasteiger partial charge in [-0.15, -0.1) is 11.3 Å². The van der Waals surface area contributed by atoms with Crippen LogP contribution >= 0.6 is 18.9 Å². The molecule has 0 spiro atoms. The molecule has 0 unspecified atom stereocenters. The van der Waals surface area contributed by atoms with Gasteiger partial charge in [0.05, 0.1) is 18.8 Å². The number of esters is 1. The van der Waals surface area contributed by atoms with Gasteiger partial charge < -0.3 is 13.8 Å². The van der Waals surface area contributed by atoms with E-state index in [-0.39, 0.29) is 25.4 Å². The van der Waals surface area contributed by atoms with Crippen LogP contribution in [0.3, 0.4) is 0 Å². The molecule has 0 aliphatic rings. The summed E-state index contributed by atoms with van der Waals surface area (Å²) in [5.41, 5.74) is -4.41. The van der Waals surface area contributed by atoms with Crippen LogP contribution in [0.5, 0.6) is 0 Å². The van der Waals surface area contributed by atoms with E-state index in [0.29, 0.717) is 15.6 Å². The second-order valence-corrected chi connectivity index (χ2v) is 9.28. The predicted octanol–water partition coefficient (Wildman–Crippen LogP) is 6.57. The Bertz CT molecular complexity index is 1060. The monoisotopic (exact) mass is 454 g/mol. The molecule has 2 aromatic carbocycles. The molecule has 0 aliphatic heterocycles. The van der Waals surface area contributed by atoms with Crippen molar-refractivity contribution in [2.75, 3.05) is 13.2 Å². The third kappa shape index (κ3) is 4.32. The normalized spacial score (nSPS) is 12.3. The molecule has 9 heteroatoms. The van der Waals surface area contributed by atoms with Crippen molar-refractivity contribution < 1.29 is 31.9 Å². The van der Waals surface area contributed by atoms with E-state index in [1.807, 2.05) is 6.07 Å². The molecule has 30 heavy (non-hydrogen) atoms. The smallest absolute Gasteiger partial charge is 0.404 e. The molecule has 0 amide bonds. The predicted molar refractivity (Wildman–Crippen MR) is 112 cm³/mol. The topological polar surface area (TPSA) is 61.8 Å². The van der Waals surface area contributed by atoms with Crippen molar-refractivity contribution in [1.82, 2.24) is 0 Å². The fourth-order valence-corrected chi connectivity index (χ4v) is 5.35. The molecule has 0 atom stereocenters. The first-order chi connectivity index (χ1) is 14.3. The van der Waals surface area contributed by atoms with Crippen LogP contribution in [0.25, 0.3) is 10.1 Å². The standard InChI is InChI=1S/C21H21F2O5PS/c1-3-27-29(25,28-4-2)21(22,23)17-10-11-18-16(12-13-30-18)19(17)20(24)26-14-15-8-6-5-7-9-15/h5-13H,3-4,14H2,1-2H3. The van der Waals surface area contributed by atoms with Crippen molar-refractivity contribution in [2.45, 2.75) is 26.1 Å². The Labute approximate surface area is 177 Å². The third-order valence-electron chi connectivity index (χ3n) is 4.32. The van der Waals surface area contributed by atoms with Gasteiger partial charge in [-0.25, -0.2) is 4.79 Å². The molecule has 0 fully saturated rings. The minimum absolute atomic E-state index is 0.0835. The molecule has 160 valence electrons. The molecule has 0 radical (unpaired) electrons. The highest BCUT2D eigenvalue weighted by Gasteiger charge is 2.56. The van der Waals surface area contributed by atoms with Crippen LogP contribution in [-0.4, -0.2) is 19.2 Å². The number of rotatable bonds is 9. The molecule has 3 aromatic rings. The Hall–Kier alpha value is -2.12. The van der Waals surface area contributed by atoms with Gasteiger partial charge in [0.1, 0.15) is 6.61 Å². The molecular weight excluding hydrogens is 433 g/mol. The first-order valence-electron chi connectivity index (χ1n) is 9.32. The number of fused-ring (bicyclic) bond motifs is 1. The van der Waals surface area contributed by atoms with Crippen LogP contribution in [0, 0.1) is 0 Å². The van der Waals surface area contributed by atoms with Gasteiger partial charge in [0.25, 0.3) is 0 Å². The van der Waals surface area contributed by atoms with E-state index in [2.05, 4.69) is 0 Å². The minimum atomic E-state index is -4.88. The van der Waals surface area contributed by atoms with Crippen molar-refractivity contribution >= 4 is 35.0 Å². The maximum atomic E-state index is 15.5. The van der Waals surface area contributed by atoms with Gasteiger partial charge in [0.15, 0.2) is 0 Å². The Morgan fingerprint density at radius 1 is 1.03 bits per heavy atom. The van der Waals surface area contributed by atoms with Crippen LogP contribution < -0.4 is 0 Å². The summed E-state index contributed by atoms with van der Waals surface area (Å²) < 4.78 is 59.6. The molecule has 0 aliphatic carbocycles. The van der Waals surface area contributed by atoms with Crippen LogP contribution in [0.1, 0.15) is 35.3 Å². The van der Waals surface area contributed by atoms with Crippen LogP contribution in [0.15, 0.2) is 53.9 Å². The van der Waals surface area contributed by atoms with Crippen molar-refractivity contribution in [1.29, 1.82) is 0 Å². The SMILES string of the molecule is CCOP(=O)(OCC)C(F)(F)c1ccc2sccc2c1C(=O)OCc1ccccc1. The number of carbonyl (C=O) groups excluding carboxylic acids is 1. The van der Waals surface area contributed by atoms with Crippen LogP contribution in [-0.2, 0) is 30.6 Å². The Balaban J connectivity index is 2.07. The fraction of sp³-hybridized carbons (Fsp3) is 0.286. The van der Waals surface area contributed by atoms with E-state index in [1.165, 1.54) is 31.3 Å². The van der Waals surface area contributed by atoms with E-state index < -0.39 is 24.8 Å². The van der Waals surface area contributed by atoms with E-state index in [4.69, 9.17) is 13.8 Å². The number of ether oxygens (including phenoxy) is 1. The fourth-order valence-electron chi connectivity index (χ4n) is 3.00. The molecule has 0 saturated carbocycles. The lowest BCUT2D eigenvalue weighted by molar-refractivity contribution is 0.0312. The lowest BCUT2D eigenvalue weighted by Crippen LogP contribution is -2.22. The summed E-state index contributed by atoms with van der Waals surface area (Å²) in [6.45, 7) is 2.33. The second kappa shape index (κ2) is 9.35. The lowest BCUT2D eigenvalue weighted by Gasteiger charge is -2.27. The van der Waals surface area contributed by atoms with Gasteiger partial charge in [-0.1, -0.05) is 36.4 Å². The first kappa shape index (κ1) is 22.6. The maximum absolute atomic E-state index is 15.5. The van der Waals surface area contributed by atoms with Gasteiger partial charge in [-0.3, -0.25) is 4.57 Å². The number of alkyl halides is 2. The van der Waals surface area contributed by atoms with E-state index >= 15 is 8.78 Å². The quantitative estimate of drug-likeness (QED) is 0.270. The second-order valence-electron chi connectivity index (χ2n) is 6.26. The third-order valence-corrected chi connectivity index (χ3v) is 7.33. The largest absolute Gasteiger partial charge is 0.457 e. The van der Waals surface area contributed by atoms with Gasteiger partial charge in [0, 0.05) is 15.6 Å². The number of thiophene rings is 1. The number of hydrogen-bond donors (Lipinski definition) is 0. The van der Waals surface area contributed by atoms with Gasteiger partial charge in [0.2, 0.25) is 0 Å². The van der Waals surface area contributed by atoms with E-state index in [1.54, 1.807) is 35.7 Å². The van der Waals surface area contributed by atoms with Gasteiger partial charge >= 0.3 is 19.2 Å². The average molecular weight is 454 g/mol. The summed E-state index contributed by atoms with van der Waals surface area (Å²) >= 11 is 1.30. The zero-order valence-electron chi connectivity index (χ0n) is 16.5. The summed E-state index contributed by atoms with van der Waals surface area (Å²) in [5.74, 6) is -0.933. The maximum Gasteiger partial charge on any atom is 0.404 e. The summed E-state index contributed by atoms with van der Waals surface area (Å²) in [6, 6.07) is 13.0. The van der Waals surface area contributed by atoms with E-state index in [0.717, 1.165) is 6.07 Å². The molecular formula is C21H21F2O5PS. The highest BCUT2D eigenvalue weighted by molar-refractivity contribution is 7.54. The highest BCUT2D eigenvalue weighted by Crippen LogP contribution is 2.67. The number of carbonyl (C=O) groups is 1. The van der Waals surface area contributed by atoms with Gasteiger partial charge in [-0.05, 0) is 36.9 Å². The lowest BCUT2D eigenvalue weighted by atomic mass is 10.0. The summed E-state index contributed by atoms with van der Waals surface area (Å²) in [5, 5.41) is 1.99. The van der Waals surface area contributed by atoms with Crippen molar-refractivity contribution in [3.63, 3.8) is 0 Å². The van der Waals surface area contributed by atoms with Crippen molar-refractivity contribution in [3.8, 4) is 0 Å². The Kier molecular flexibility index (Phi) is 7.03. The Morgan fingerprint density at radius 3 is 2.33 bits per heavy atom. The van der Waals surface area contributed by atoms with Crippen LogP contribution in [0.4, 0.5) is 8.78 Å². The minimum Gasteiger partial charge on any atom is -0.457 e. The molecule has 0 N–H and O–H groups in total. The average Bonchev–Trinajstić information content (AvgIpc) is 3.21. The molecule has 3 rings (SSSR count). The van der Waals surface area contributed by atoms with Crippen molar-refractivity contribution in [2.24, 2.45) is 0 Å². The summed E-state index contributed by atoms with van der Waals surface area (Å²) in [6.07, 6.45) is 0. The molecule has 0 saturated heterocycles. The zero-order chi connectivity index (χ0) is 21.8. The van der Waals surface area contributed by atoms with Gasteiger partial charge in [-0.2, -0.15) is 8.78 Å². The molecule has 1 heterocycles. The van der Waals surface area contributed by atoms with E-state index in [9.17, 15) is 9.36 Å². The van der Waals surface area contributed by atoms with Crippen molar-refractivity contribution in [3.05, 3.63) is 70.6 Å². The first-order valence-corrected chi connectivity index (χ1v) is 11.7. The summed E-state index contributed by atoms with van der Waals surface area (Å²) in [4.78, 5) is 12.9. The highest BCUT2D eigenvalue weighted by atomic mass is 32.1. The van der Waals surface area contributed by atoms with Crippen LogP contribution in [0.2, 0.25) is 0 Å². The number of benzene rings is 2. The summed E-state index contributed by atoms with van der Waals surface area (Å²) in [7, 11) is -4.88. The zero-order valence-corrected chi connectivity index (χ0v) is 18.2.